The fourth-order valence-electron chi connectivity index (χ4n) is 3.04. The first kappa shape index (κ1) is 23.7. The van der Waals surface area contributed by atoms with Gasteiger partial charge in [-0.15, -0.1) is 0 Å². The van der Waals surface area contributed by atoms with Crippen LogP contribution < -0.4 is 14.8 Å². The molecule has 164 valence electrons. The van der Waals surface area contributed by atoms with Gasteiger partial charge in [-0.05, 0) is 55.3 Å². The van der Waals surface area contributed by atoms with Crippen molar-refractivity contribution in [2.45, 2.75) is 26.5 Å². The SMILES string of the molecule is CCOc1cc(CNCCc2ccc(Cl)cc2Cl)c(Cl)cc1OCc1ccccc1F. The van der Waals surface area contributed by atoms with Crippen LogP contribution in [0.15, 0.2) is 54.6 Å². The summed E-state index contributed by atoms with van der Waals surface area (Å²) in [7, 11) is 0. The Morgan fingerprint density at radius 1 is 0.839 bits per heavy atom. The third-order valence-electron chi connectivity index (χ3n) is 4.66. The molecule has 0 amide bonds. The zero-order chi connectivity index (χ0) is 22.2. The van der Waals surface area contributed by atoms with Crippen molar-refractivity contribution >= 4 is 34.8 Å². The summed E-state index contributed by atoms with van der Waals surface area (Å²) in [6.45, 7) is 3.72. The van der Waals surface area contributed by atoms with Crippen LogP contribution in [0.3, 0.4) is 0 Å². The van der Waals surface area contributed by atoms with E-state index in [1.165, 1.54) is 6.07 Å². The van der Waals surface area contributed by atoms with Gasteiger partial charge in [-0.1, -0.05) is 59.1 Å². The highest BCUT2D eigenvalue weighted by atomic mass is 35.5. The van der Waals surface area contributed by atoms with Crippen molar-refractivity contribution in [3.8, 4) is 11.5 Å². The third-order valence-corrected chi connectivity index (χ3v) is 5.59. The fourth-order valence-corrected chi connectivity index (χ4v) is 3.76. The second-order valence-corrected chi connectivity index (χ2v) is 8.12. The Labute approximate surface area is 197 Å². The van der Waals surface area contributed by atoms with Gasteiger partial charge in [-0.25, -0.2) is 4.39 Å². The van der Waals surface area contributed by atoms with Gasteiger partial charge in [0, 0.05) is 33.2 Å². The molecule has 0 aliphatic carbocycles. The summed E-state index contributed by atoms with van der Waals surface area (Å²) in [5.74, 6) is 0.737. The van der Waals surface area contributed by atoms with Crippen molar-refractivity contribution in [2.75, 3.05) is 13.2 Å². The van der Waals surface area contributed by atoms with Crippen LogP contribution in [0.25, 0.3) is 0 Å². The number of hydrogen-bond donors (Lipinski definition) is 1. The van der Waals surface area contributed by atoms with Gasteiger partial charge in [0.05, 0.1) is 6.61 Å². The van der Waals surface area contributed by atoms with Crippen LogP contribution >= 0.6 is 34.8 Å². The van der Waals surface area contributed by atoms with Crippen LogP contribution in [-0.2, 0) is 19.6 Å². The Kier molecular flexibility index (Phi) is 8.85. The first-order chi connectivity index (χ1) is 15.0. The van der Waals surface area contributed by atoms with E-state index in [1.807, 2.05) is 25.1 Å². The predicted octanol–water partition coefficient (Wildman–Crippen LogP) is 7.10. The van der Waals surface area contributed by atoms with Gasteiger partial charge in [0.2, 0.25) is 0 Å². The van der Waals surface area contributed by atoms with E-state index < -0.39 is 0 Å². The zero-order valence-electron chi connectivity index (χ0n) is 17.1. The van der Waals surface area contributed by atoms with Crippen molar-refractivity contribution < 1.29 is 13.9 Å². The lowest BCUT2D eigenvalue weighted by Crippen LogP contribution is -2.17. The van der Waals surface area contributed by atoms with E-state index in [9.17, 15) is 4.39 Å². The lowest BCUT2D eigenvalue weighted by atomic mass is 10.1. The monoisotopic (exact) mass is 481 g/mol. The van der Waals surface area contributed by atoms with Crippen LogP contribution in [0, 0.1) is 5.82 Å². The van der Waals surface area contributed by atoms with Crippen molar-refractivity contribution in [3.63, 3.8) is 0 Å². The molecule has 0 aliphatic rings. The highest BCUT2D eigenvalue weighted by Crippen LogP contribution is 2.34. The molecule has 3 rings (SSSR count). The van der Waals surface area contributed by atoms with Crippen LogP contribution in [0.2, 0.25) is 15.1 Å². The molecule has 0 saturated carbocycles. The molecular weight excluding hydrogens is 460 g/mol. The molecule has 0 unspecified atom stereocenters. The topological polar surface area (TPSA) is 30.5 Å². The summed E-state index contributed by atoms with van der Waals surface area (Å²) >= 11 is 18.6. The average Bonchev–Trinajstić information content (AvgIpc) is 2.74. The Hall–Kier alpha value is -1.98. The third kappa shape index (κ3) is 6.75. The van der Waals surface area contributed by atoms with Crippen molar-refractivity contribution in [1.29, 1.82) is 0 Å². The van der Waals surface area contributed by atoms with E-state index in [2.05, 4.69) is 5.32 Å². The molecule has 0 saturated heterocycles. The molecule has 7 heteroatoms. The minimum atomic E-state index is -0.312. The summed E-state index contributed by atoms with van der Waals surface area (Å²) in [4.78, 5) is 0. The molecule has 31 heavy (non-hydrogen) atoms. The zero-order valence-corrected chi connectivity index (χ0v) is 19.3. The maximum atomic E-state index is 13.9. The number of hydrogen-bond acceptors (Lipinski definition) is 3. The number of nitrogens with one attached hydrogen (secondary N) is 1. The number of benzene rings is 3. The molecule has 0 aliphatic heterocycles. The molecule has 3 nitrogen and oxygen atoms in total. The maximum Gasteiger partial charge on any atom is 0.163 e. The van der Waals surface area contributed by atoms with Crippen LogP contribution in [0.5, 0.6) is 11.5 Å². The van der Waals surface area contributed by atoms with Crippen LogP contribution in [0.1, 0.15) is 23.6 Å². The Balaban J connectivity index is 1.63. The molecule has 0 aromatic heterocycles. The standard InChI is InChI=1S/C24H23Cl3FNO2/c1-2-30-23-11-18(14-29-10-9-16-7-8-19(25)12-20(16)26)21(27)13-24(23)31-15-17-5-3-4-6-22(17)28/h3-8,11-13,29H,2,9-10,14-15H2,1H3. The van der Waals surface area contributed by atoms with Crippen molar-refractivity contribution in [3.05, 3.63) is 92.2 Å². The quantitative estimate of drug-likeness (QED) is 0.313. The highest BCUT2D eigenvalue weighted by molar-refractivity contribution is 6.35. The highest BCUT2D eigenvalue weighted by Gasteiger charge is 2.12. The lowest BCUT2D eigenvalue weighted by molar-refractivity contribution is 0.265. The first-order valence-electron chi connectivity index (χ1n) is 9.94. The maximum absolute atomic E-state index is 13.9. The molecule has 0 bridgehead atoms. The van der Waals surface area contributed by atoms with Gasteiger partial charge in [-0.3, -0.25) is 0 Å². The minimum Gasteiger partial charge on any atom is -0.490 e. The second kappa shape index (κ2) is 11.6. The molecule has 0 spiro atoms. The van der Waals surface area contributed by atoms with Gasteiger partial charge >= 0.3 is 0 Å². The smallest absolute Gasteiger partial charge is 0.163 e. The molecule has 3 aromatic rings. The van der Waals surface area contributed by atoms with Crippen LogP contribution in [0.4, 0.5) is 4.39 Å². The van der Waals surface area contributed by atoms with Crippen LogP contribution in [-0.4, -0.2) is 13.2 Å². The van der Waals surface area contributed by atoms with E-state index in [4.69, 9.17) is 44.3 Å². The molecule has 0 heterocycles. The predicted molar refractivity (Wildman–Crippen MR) is 125 cm³/mol. The molecule has 0 radical (unpaired) electrons. The Bertz CT molecular complexity index is 1030. The Morgan fingerprint density at radius 3 is 2.32 bits per heavy atom. The Morgan fingerprint density at radius 2 is 1.58 bits per heavy atom. The van der Waals surface area contributed by atoms with E-state index in [-0.39, 0.29) is 12.4 Å². The molecule has 0 atom stereocenters. The molecule has 1 N–H and O–H groups in total. The summed E-state index contributed by atoms with van der Waals surface area (Å²) in [5, 5.41) is 5.18. The van der Waals surface area contributed by atoms with Gasteiger partial charge in [0.15, 0.2) is 11.5 Å². The normalized spacial score (nSPS) is 10.9. The minimum absolute atomic E-state index is 0.0858. The van der Waals surface area contributed by atoms with Gasteiger partial charge in [0.25, 0.3) is 0 Å². The van der Waals surface area contributed by atoms with E-state index in [0.717, 1.165) is 17.5 Å². The molecular formula is C24H23Cl3FNO2. The summed E-state index contributed by atoms with van der Waals surface area (Å²) in [5.41, 5.74) is 2.37. The fraction of sp³-hybridized carbons (Fsp3) is 0.250. The van der Waals surface area contributed by atoms with Crippen molar-refractivity contribution in [1.82, 2.24) is 5.32 Å². The van der Waals surface area contributed by atoms with Gasteiger partial charge in [-0.2, -0.15) is 0 Å². The molecule has 3 aromatic carbocycles. The lowest BCUT2D eigenvalue weighted by Gasteiger charge is -2.16. The second-order valence-electron chi connectivity index (χ2n) is 6.87. The van der Waals surface area contributed by atoms with Gasteiger partial charge in [0.1, 0.15) is 12.4 Å². The van der Waals surface area contributed by atoms with Gasteiger partial charge < -0.3 is 14.8 Å². The number of rotatable bonds is 10. The number of ether oxygens (including phenoxy) is 2. The first-order valence-corrected chi connectivity index (χ1v) is 11.1. The van der Waals surface area contributed by atoms with E-state index >= 15 is 0 Å². The average molecular weight is 483 g/mol. The van der Waals surface area contributed by atoms with E-state index in [0.29, 0.717) is 51.8 Å². The van der Waals surface area contributed by atoms with E-state index in [1.54, 1.807) is 30.3 Å². The van der Waals surface area contributed by atoms with Crippen molar-refractivity contribution in [2.24, 2.45) is 0 Å². The largest absolute Gasteiger partial charge is 0.490 e. The number of halogens is 4. The molecule has 0 fully saturated rings. The summed E-state index contributed by atoms with van der Waals surface area (Å²) in [6.07, 6.45) is 0.760. The summed E-state index contributed by atoms with van der Waals surface area (Å²) < 4.78 is 25.4. The summed E-state index contributed by atoms with van der Waals surface area (Å²) in [6, 6.07) is 15.6.